The lowest BCUT2D eigenvalue weighted by molar-refractivity contribution is 0.391. The standard InChI is InChI=1S/C9H15NO/c1-6(2)5-9-7(3)10-11-8(9)4/h6H,5H2,1-4H3. The zero-order valence-corrected chi connectivity index (χ0v) is 7.64. The maximum atomic E-state index is 5.05. The van der Waals surface area contributed by atoms with Gasteiger partial charge in [-0.25, -0.2) is 0 Å². The molecule has 0 saturated heterocycles. The van der Waals surface area contributed by atoms with Crippen LogP contribution in [0.4, 0.5) is 0 Å². The van der Waals surface area contributed by atoms with Crippen LogP contribution in [0.3, 0.4) is 0 Å². The highest BCUT2D eigenvalue weighted by atomic mass is 16.5. The Morgan fingerprint density at radius 1 is 1.36 bits per heavy atom. The van der Waals surface area contributed by atoms with Gasteiger partial charge in [-0.2, -0.15) is 0 Å². The van der Waals surface area contributed by atoms with Gasteiger partial charge in [0.1, 0.15) is 5.76 Å². The maximum Gasteiger partial charge on any atom is 0.137 e. The Morgan fingerprint density at radius 2 is 2.00 bits per heavy atom. The summed E-state index contributed by atoms with van der Waals surface area (Å²) >= 11 is 0. The smallest absolute Gasteiger partial charge is 0.137 e. The molecule has 1 heterocycles. The van der Waals surface area contributed by atoms with Crippen molar-refractivity contribution in [3.63, 3.8) is 0 Å². The summed E-state index contributed by atoms with van der Waals surface area (Å²) in [6, 6.07) is 0. The molecule has 0 spiro atoms. The maximum absolute atomic E-state index is 5.05. The van der Waals surface area contributed by atoms with Crippen LogP contribution in [0.5, 0.6) is 0 Å². The second kappa shape index (κ2) is 3.07. The number of hydrogen-bond donors (Lipinski definition) is 0. The van der Waals surface area contributed by atoms with Gasteiger partial charge in [-0.3, -0.25) is 0 Å². The summed E-state index contributed by atoms with van der Waals surface area (Å²) in [6.07, 6.45) is 1.07. The Hall–Kier alpha value is -0.790. The van der Waals surface area contributed by atoms with Crippen LogP contribution in [0.1, 0.15) is 30.9 Å². The molecule has 0 atom stereocenters. The predicted octanol–water partition coefficient (Wildman–Crippen LogP) is 2.49. The number of aryl methyl sites for hydroxylation is 2. The van der Waals surface area contributed by atoms with E-state index in [4.69, 9.17) is 4.52 Å². The van der Waals surface area contributed by atoms with Crippen molar-refractivity contribution in [1.29, 1.82) is 0 Å². The van der Waals surface area contributed by atoms with Crippen LogP contribution in [-0.4, -0.2) is 5.16 Å². The first-order chi connectivity index (χ1) is 5.11. The van der Waals surface area contributed by atoms with E-state index >= 15 is 0 Å². The van der Waals surface area contributed by atoms with Gasteiger partial charge in [0.05, 0.1) is 5.69 Å². The van der Waals surface area contributed by atoms with Gasteiger partial charge in [0.25, 0.3) is 0 Å². The lowest BCUT2D eigenvalue weighted by Gasteiger charge is -2.01. The average Bonchev–Trinajstić information content (AvgIpc) is 2.18. The minimum atomic E-state index is 0.673. The molecule has 0 N–H and O–H groups in total. The number of aromatic nitrogens is 1. The third-order valence-corrected chi connectivity index (χ3v) is 1.79. The normalized spacial score (nSPS) is 11.0. The molecule has 0 aliphatic heterocycles. The summed E-state index contributed by atoms with van der Waals surface area (Å²) in [5.41, 5.74) is 2.32. The lowest BCUT2D eigenvalue weighted by atomic mass is 10.0. The van der Waals surface area contributed by atoms with Crippen LogP contribution in [0.2, 0.25) is 0 Å². The van der Waals surface area contributed by atoms with Crippen molar-refractivity contribution in [3.8, 4) is 0 Å². The van der Waals surface area contributed by atoms with E-state index in [1.165, 1.54) is 5.56 Å². The SMILES string of the molecule is Cc1noc(C)c1CC(C)C. The molecule has 1 aromatic heterocycles. The van der Waals surface area contributed by atoms with Gasteiger partial charge in [0, 0.05) is 5.56 Å². The predicted molar refractivity (Wildman–Crippen MR) is 44.5 cm³/mol. The molecule has 0 saturated carbocycles. The van der Waals surface area contributed by atoms with Crippen molar-refractivity contribution >= 4 is 0 Å². The van der Waals surface area contributed by atoms with E-state index in [0.717, 1.165) is 17.9 Å². The van der Waals surface area contributed by atoms with Crippen LogP contribution >= 0.6 is 0 Å². The van der Waals surface area contributed by atoms with E-state index in [0.29, 0.717) is 5.92 Å². The number of hydrogen-bond acceptors (Lipinski definition) is 2. The molecular weight excluding hydrogens is 138 g/mol. The first kappa shape index (κ1) is 8.31. The Balaban J connectivity index is 2.83. The zero-order valence-electron chi connectivity index (χ0n) is 7.64. The van der Waals surface area contributed by atoms with E-state index in [2.05, 4.69) is 19.0 Å². The summed E-state index contributed by atoms with van der Waals surface area (Å²) in [6.45, 7) is 8.36. The van der Waals surface area contributed by atoms with Gasteiger partial charge in [-0.1, -0.05) is 19.0 Å². The Morgan fingerprint density at radius 3 is 2.36 bits per heavy atom. The summed E-state index contributed by atoms with van der Waals surface area (Å²) in [5, 5.41) is 3.89. The van der Waals surface area contributed by atoms with E-state index in [1.54, 1.807) is 0 Å². The van der Waals surface area contributed by atoms with Gasteiger partial charge in [-0.15, -0.1) is 0 Å². The molecule has 0 fully saturated rings. The van der Waals surface area contributed by atoms with Crippen LogP contribution in [0.15, 0.2) is 4.52 Å². The van der Waals surface area contributed by atoms with Gasteiger partial charge in [-0.05, 0) is 26.2 Å². The Kier molecular flexibility index (Phi) is 2.32. The molecule has 0 aliphatic rings. The highest BCUT2D eigenvalue weighted by Crippen LogP contribution is 2.16. The lowest BCUT2D eigenvalue weighted by Crippen LogP contribution is -1.95. The minimum Gasteiger partial charge on any atom is -0.361 e. The Labute approximate surface area is 67.6 Å². The van der Waals surface area contributed by atoms with E-state index in [-0.39, 0.29) is 0 Å². The molecule has 0 aliphatic carbocycles. The van der Waals surface area contributed by atoms with Crippen LogP contribution < -0.4 is 0 Å². The fraction of sp³-hybridized carbons (Fsp3) is 0.667. The first-order valence-electron chi connectivity index (χ1n) is 4.03. The summed E-state index contributed by atoms with van der Waals surface area (Å²) in [7, 11) is 0. The van der Waals surface area contributed by atoms with E-state index < -0.39 is 0 Å². The molecule has 0 aromatic carbocycles. The highest BCUT2D eigenvalue weighted by Gasteiger charge is 2.09. The van der Waals surface area contributed by atoms with Crippen molar-refractivity contribution in [2.45, 2.75) is 34.1 Å². The second-order valence-corrected chi connectivity index (χ2v) is 3.40. The van der Waals surface area contributed by atoms with Crippen molar-refractivity contribution in [1.82, 2.24) is 5.16 Å². The topological polar surface area (TPSA) is 26.0 Å². The van der Waals surface area contributed by atoms with Crippen LogP contribution in [0, 0.1) is 19.8 Å². The van der Waals surface area contributed by atoms with Gasteiger partial charge >= 0.3 is 0 Å². The summed E-state index contributed by atoms with van der Waals surface area (Å²) in [5.74, 6) is 1.64. The van der Waals surface area contributed by atoms with Crippen LogP contribution in [0.25, 0.3) is 0 Å². The molecular formula is C9H15NO. The molecule has 0 bridgehead atoms. The molecule has 2 nitrogen and oxygen atoms in total. The quantitative estimate of drug-likeness (QED) is 0.652. The zero-order chi connectivity index (χ0) is 8.43. The highest BCUT2D eigenvalue weighted by molar-refractivity contribution is 5.20. The molecule has 1 rings (SSSR count). The fourth-order valence-electron chi connectivity index (χ4n) is 1.20. The van der Waals surface area contributed by atoms with Crippen molar-refractivity contribution in [2.75, 3.05) is 0 Å². The molecule has 0 radical (unpaired) electrons. The monoisotopic (exact) mass is 153 g/mol. The Bertz CT molecular complexity index is 218. The summed E-state index contributed by atoms with van der Waals surface area (Å²) in [4.78, 5) is 0. The number of nitrogens with zero attached hydrogens (tertiary/aromatic N) is 1. The minimum absolute atomic E-state index is 0.673. The van der Waals surface area contributed by atoms with Gasteiger partial charge in [0.15, 0.2) is 0 Å². The second-order valence-electron chi connectivity index (χ2n) is 3.40. The van der Waals surface area contributed by atoms with E-state index in [9.17, 15) is 0 Å². The average molecular weight is 153 g/mol. The fourth-order valence-corrected chi connectivity index (χ4v) is 1.20. The molecule has 0 amide bonds. The third kappa shape index (κ3) is 1.82. The van der Waals surface area contributed by atoms with E-state index in [1.807, 2.05) is 13.8 Å². The molecule has 1 aromatic rings. The molecule has 2 heteroatoms. The van der Waals surface area contributed by atoms with Crippen molar-refractivity contribution in [3.05, 3.63) is 17.0 Å². The third-order valence-electron chi connectivity index (χ3n) is 1.79. The molecule has 11 heavy (non-hydrogen) atoms. The van der Waals surface area contributed by atoms with Crippen LogP contribution in [-0.2, 0) is 6.42 Å². The molecule has 0 unspecified atom stereocenters. The first-order valence-corrected chi connectivity index (χ1v) is 4.03. The summed E-state index contributed by atoms with van der Waals surface area (Å²) < 4.78 is 5.05. The largest absolute Gasteiger partial charge is 0.361 e. The van der Waals surface area contributed by atoms with Crippen molar-refractivity contribution < 1.29 is 4.52 Å². The number of rotatable bonds is 2. The van der Waals surface area contributed by atoms with Gasteiger partial charge in [0.2, 0.25) is 0 Å². The van der Waals surface area contributed by atoms with Crippen molar-refractivity contribution in [2.24, 2.45) is 5.92 Å². The molecule has 62 valence electrons. The van der Waals surface area contributed by atoms with Gasteiger partial charge < -0.3 is 4.52 Å².